The predicted octanol–water partition coefficient (Wildman–Crippen LogP) is 0.268. The monoisotopic (exact) mass is 253 g/mol. The lowest BCUT2D eigenvalue weighted by molar-refractivity contribution is -0.0546. The van der Waals surface area contributed by atoms with Crippen molar-refractivity contribution in [1.29, 1.82) is 0 Å². The van der Waals surface area contributed by atoms with Crippen LogP contribution in [0.1, 0.15) is 32.6 Å². The van der Waals surface area contributed by atoms with Gasteiger partial charge in [0.05, 0.1) is 11.6 Å². The second-order valence-corrected chi connectivity index (χ2v) is 6.66. The molecule has 4 atom stereocenters. The van der Waals surface area contributed by atoms with Gasteiger partial charge in [0, 0.05) is 31.7 Å². The summed E-state index contributed by atoms with van der Waals surface area (Å²) in [6.07, 6.45) is 4.84. The maximum Gasteiger partial charge on any atom is 0.0798 e. The Bertz CT molecular complexity index is 307. The highest BCUT2D eigenvalue weighted by atomic mass is 16.3. The molecule has 3 rings (SSSR count). The molecule has 4 nitrogen and oxygen atoms in total. The van der Waals surface area contributed by atoms with Crippen LogP contribution >= 0.6 is 0 Å². The summed E-state index contributed by atoms with van der Waals surface area (Å²) in [5, 5.41) is 14.1. The van der Waals surface area contributed by atoms with Crippen molar-refractivity contribution >= 4 is 0 Å². The van der Waals surface area contributed by atoms with Gasteiger partial charge in [-0.15, -0.1) is 0 Å². The van der Waals surface area contributed by atoms with Crippen molar-refractivity contribution in [3.05, 3.63) is 0 Å². The number of nitrogens with one attached hydrogen (secondary N) is 1. The van der Waals surface area contributed by atoms with E-state index < -0.39 is 5.60 Å². The third-order valence-corrected chi connectivity index (χ3v) is 5.48. The number of likely N-dealkylation sites (tertiary alicyclic amines) is 1. The van der Waals surface area contributed by atoms with Crippen molar-refractivity contribution in [2.45, 2.75) is 56.3 Å². The molecule has 0 amide bonds. The smallest absolute Gasteiger partial charge is 0.0798 e. The molecule has 104 valence electrons. The minimum Gasteiger partial charge on any atom is -0.388 e. The Balaban J connectivity index is 1.72. The van der Waals surface area contributed by atoms with Crippen LogP contribution < -0.4 is 5.32 Å². The lowest BCUT2D eigenvalue weighted by Gasteiger charge is -2.45. The van der Waals surface area contributed by atoms with Gasteiger partial charge in [-0.05, 0) is 46.2 Å². The van der Waals surface area contributed by atoms with Gasteiger partial charge in [-0.2, -0.15) is 0 Å². The van der Waals surface area contributed by atoms with E-state index in [4.69, 9.17) is 0 Å². The van der Waals surface area contributed by atoms with Crippen LogP contribution in [0, 0.1) is 0 Å². The summed E-state index contributed by atoms with van der Waals surface area (Å²) in [5.74, 6) is 0. The van der Waals surface area contributed by atoms with E-state index in [2.05, 4.69) is 22.2 Å². The van der Waals surface area contributed by atoms with Crippen LogP contribution in [0.2, 0.25) is 0 Å². The average Bonchev–Trinajstić information content (AvgIpc) is 2.54. The van der Waals surface area contributed by atoms with Gasteiger partial charge in [0.25, 0.3) is 0 Å². The summed E-state index contributed by atoms with van der Waals surface area (Å²) in [5.41, 5.74) is -0.520. The van der Waals surface area contributed by atoms with E-state index in [0.29, 0.717) is 12.1 Å². The van der Waals surface area contributed by atoms with Gasteiger partial charge in [-0.1, -0.05) is 0 Å². The van der Waals surface area contributed by atoms with Gasteiger partial charge in [0.1, 0.15) is 0 Å². The molecular weight excluding hydrogens is 226 g/mol. The van der Waals surface area contributed by atoms with Crippen LogP contribution in [0.15, 0.2) is 0 Å². The Labute approximate surface area is 110 Å². The molecule has 4 unspecified atom stereocenters. The van der Waals surface area contributed by atoms with Crippen LogP contribution in [-0.4, -0.2) is 71.9 Å². The Morgan fingerprint density at radius 1 is 1.22 bits per heavy atom. The van der Waals surface area contributed by atoms with E-state index in [1.165, 1.54) is 19.3 Å². The molecule has 0 saturated carbocycles. The predicted molar refractivity (Wildman–Crippen MR) is 72.7 cm³/mol. The van der Waals surface area contributed by atoms with Crippen molar-refractivity contribution in [3.8, 4) is 0 Å². The Kier molecular flexibility index (Phi) is 3.39. The molecule has 0 aromatic rings. The Hall–Kier alpha value is -0.160. The summed E-state index contributed by atoms with van der Waals surface area (Å²) in [4.78, 5) is 5.12. The number of rotatable bonds is 1. The molecule has 0 aromatic heterocycles. The van der Waals surface area contributed by atoms with E-state index in [0.717, 1.165) is 38.6 Å². The number of hydrogen-bond acceptors (Lipinski definition) is 4. The van der Waals surface area contributed by atoms with Gasteiger partial charge in [0.15, 0.2) is 0 Å². The molecule has 0 aliphatic carbocycles. The maximum atomic E-state index is 10.6. The van der Waals surface area contributed by atoms with E-state index in [1.54, 1.807) is 0 Å². The Morgan fingerprint density at radius 2 is 2.00 bits per heavy atom. The standard InChI is InChI=1S/C14H27N3O/c1-14(18)6-7-15-9-13(14)17-8-5-11-3-4-12(10-17)16(11)2/h11-13,15,18H,3-10H2,1-2H3. The second kappa shape index (κ2) is 4.75. The highest BCUT2D eigenvalue weighted by Gasteiger charge is 2.42. The summed E-state index contributed by atoms with van der Waals surface area (Å²) in [6, 6.07) is 1.77. The molecule has 2 N–H and O–H groups in total. The number of fused-ring (bicyclic) bond motifs is 2. The molecule has 18 heavy (non-hydrogen) atoms. The number of piperidine rings is 1. The first kappa shape index (κ1) is 12.9. The quantitative estimate of drug-likeness (QED) is 0.703. The van der Waals surface area contributed by atoms with Crippen LogP contribution in [0.5, 0.6) is 0 Å². The number of hydrogen-bond donors (Lipinski definition) is 2. The first-order chi connectivity index (χ1) is 8.58. The molecule has 3 heterocycles. The fourth-order valence-corrected chi connectivity index (χ4v) is 4.11. The molecule has 3 fully saturated rings. The summed E-state index contributed by atoms with van der Waals surface area (Å²) in [7, 11) is 2.28. The largest absolute Gasteiger partial charge is 0.388 e. The first-order valence-corrected chi connectivity index (χ1v) is 7.47. The first-order valence-electron chi connectivity index (χ1n) is 7.47. The van der Waals surface area contributed by atoms with E-state index in [9.17, 15) is 5.11 Å². The molecule has 2 bridgehead atoms. The summed E-state index contributed by atoms with van der Waals surface area (Å²) < 4.78 is 0. The second-order valence-electron chi connectivity index (χ2n) is 6.66. The van der Waals surface area contributed by atoms with Gasteiger partial charge in [-0.3, -0.25) is 9.80 Å². The fraction of sp³-hybridized carbons (Fsp3) is 1.00. The lowest BCUT2D eigenvalue weighted by Crippen LogP contribution is -2.61. The minimum atomic E-state index is -0.520. The SMILES string of the molecule is CN1C2CCC1CN(C1CNCCC1(C)O)CC2. The van der Waals surface area contributed by atoms with E-state index >= 15 is 0 Å². The Morgan fingerprint density at radius 3 is 2.78 bits per heavy atom. The fourth-order valence-electron chi connectivity index (χ4n) is 4.11. The van der Waals surface area contributed by atoms with Crippen molar-refractivity contribution in [2.24, 2.45) is 0 Å². The molecule has 4 heteroatoms. The van der Waals surface area contributed by atoms with Gasteiger partial charge in [0.2, 0.25) is 0 Å². The zero-order valence-electron chi connectivity index (χ0n) is 11.7. The maximum absolute atomic E-state index is 10.6. The van der Waals surface area contributed by atoms with Crippen LogP contribution in [-0.2, 0) is 0 Å². The molecule has 0 aromatic carbocycles. The van der Waals surface area contributed by atoms with E-state index in [-0.39, 0.29) is 0 Å². The average molecular weight is 253 g/mol. The normalized spacial score (nSPS) is 47.2. The van der Waals surface area contributed by atoms with Gasteiger partial charge < -0.3 is 10.4 Å². The van der Waals surface area contributed by atoms with Crippen LogP contribution in [0.3, 0.4) is 0 Å². The van der Waals surface area contributed by atoms with Gasteiger partial charge >= 0.3 is 0 Å². The minimum absolute atomic E-state index is 0.291. The molecule has 3 aliphatic rings. The van der Waals surface area contributed by atoms with Crippen LogP contribution in [0.25, 0.3) is 0 Å². The van der Waals surface area contributed by atoms with Crippen molar-refractivity contribution in [2.75, 3.05) is 33.2 Å². The molecule has 0 radical (unpaired) electrons. The third kappa shape index (κ3) is 2.20. The van der Waals surface area contributed by atoms with Crippen molar-refractivity contribution < 1.29 is 5.11 Å². The van der Waals surface area contributed by atoms with Crippen LogP contribution in [0.4, 0.5) is 0 Å². The third-order valence-electron chi connectivity index (χ3n) is 5.48. The summed E-state index contributed by atoms with van der Waals surface area (Å²) in [6.45, 7) is 6.19. The topological polar surface area (TPSA) is 38.7 Å². The van der Waals surface area contributed by atoms with E-state index in [1.807, 2.05) is 6.92 Å². The zero-order chi connectivity index (χ0) is 12.8. The molecule has 3 saturated heterocycles. The molecular formula is C14H27N3O. The summed E-state index contributed by atoms with van der Waals surface area (Å²) >= 11 is 0. The van der Waals surface area contributed by atoms with Gasteiger partial charge in [-0.25, -0.2) is 0 Å². The molecule has 0 spiro atoms. The number of likely N-dealkylation sites (N-methyl/N-ethyl adjacent to an activating group) is 1. The number of nitrogens with zero attached hydrogens (tertiary/aromatic N) is 2. The number of aliphatic hydroxyl groups is 1. The highest BCUT2D eigenvalue weighted by molar-refractivity contribution is 4.99. The highest BCUT2D eigenvalue weighted by Crippen LogP contribution is 2.32. The lowest BCUT2D eigenvalue weighted by atomic mass is 9.87. The van der Waals surface area contributed by atoms with Crippen molar-refractivity contribution in [3.63, 3.8) is 0 Å². The van der Waals surface area contributed by atoms with Crippen molar-refractivity contribution in [1.82, 2.24) is 15.1 Å². The zero-order valence-corrected chi connectivity index (χ0v) is 11.7. The molecule has 3 aliphatic heterocycles.